The lowest BCUT2D eigenvalue weighted by Crippen LogP contribution is -2.28. The molecule has 0 unspecified atom stereocenters. The van der Waals surface area contributed by atoms with Crippen molar-refractivity contribution in [2.75, 3.05) is 58.1 Å². The number of benzene rings is 1. The first-order chi connectivity index (χ1) is 10.2. The Hall–Kier alpha value is -1.92. The molecule has 0 saturated carbocycles. The second kappa shape index (κ2) is 7.75. The summed E-state index contributed by atoms with van der Waals surface area (Å²) in [6, 6.07) is 8.01. The van der Waals surface area contributed by atoms with E-state index in [9.17, 15) is 0 Å². The van der Waals surface area contributed by atoms with Crippen molar-refractivity contribution in [1.82, 2.24) is 14.9 Å². The Labute approximate surface area is 125 Å². The Morgan fingerprint density at radius 3 is 2.76 bits per heavy atom. The molecule has 0 amide bonds. The average molecular weight is 289 g/mol. The van der Waals surface area contributed by atoms with E-state index in [4.69, 9.17) is 4.74 Å². The number of likely N-dealkylation sites (N-methyl/N-ethyl adjacent to an activating group) is 1. The normalized spacial score (nSPS) is 11.0. The summed E-state index contributed by atoms with van der Waals surface area (Å²) in [6.07, 6.45) is 0. The third-order valence-corrected chi connectivity index (χ3v) is 3.29. The van der Waals surface area contributed by atoms with Crippen LogP contribution in [0, 0.1) is 0 Å². The van der Waals surface area contributed by atoms with Gasteiger partial charge in [-0.25, -0.2) is 4.98 Å². The van der Waals surface area contributed by atoms with E-state index < -0.39 is 0 Å². The molecular formula is C15H23N5O. The Balaban J connectivity index is 2.03. The summed E-state index contributed by atoms with van der Waals surface area (Å²) in [7, 11) is 5.63. The topological polar surface area (TPSA) is 62.3 Å². The van der Waals surface area contributed by atoms with Gasteiger partial charge in [0, 0.05) is 39.2 Å². The largest absolute Gasteiger partial charge is 0.383 e. The van der Waals surface area contributed by atoms with Gasteiger partial charge in [0.15, 0.2) is 0 Å². The van der Waals surface area contributed by atoms with Gasteiger partial charge in [-0.1, -0.05) is 12.1 Å². The minimum absolute atomic E-state index is 0.629. The van der Waals surface area contributed by atoms with Crippen molar-refractivity contribution in [3.05, 3.63) is 24.3 Å². The molecule has 0 aliphatic rings. The van der Waals surface area contributed by atoms with E-state index in [-0.39, 0.29) is 0 Å². The highest BCUT2D eigenvalue weighted by Gasteiger charge is 2.06. The number of aromatic nitrogens is 2. The van der Waals surface area contributed by atoms with Crippen molar-refractivity contribution < 1.29 is 4.74 Å². The molecule has 2 rings (SSSR count). The fourth-order valence-electron chi connectivity index (χ4n) is 2.05. The summed E-state index contributed by atoms with van der Waals surface area (Å²) >= 11 is 0. The number of fused-ring (bicyclic) bond motifs is 1. The first-order valence-electron chi connectivity index (χ1n) is 7.10. The van der Waals surface area contributed by atoms with Gasteiger partial charge >= 0.3 is 0 Å². The Kier molecular flexibility index (Phi) is 5.71. The van der Waals surface area contributed by atoms with Crippen LogP contribution >= 0.6 is 0 Å². The van der Waals surface area contributed by atoms with Gasteiger partial charge in [-0.3, -0.25) is 0 Å². The number of methoxy groups -OCH3 is 1. The van der Waals surface area contributed by atoms with Crippen LogP contribution in [0.25, 0.3) is 10.9 Å². The van der Waals surface area contributed by atoms with Crippen molar-refractivity contribution in [2.45, 2.75) is 0 Å². The molecule has 1 heterocycles. The van der Waals surface area contributed by atoms with Gasteiger partial charge in [0.25, 0.3) is 0 Å². The molecule has 0 atom stereocenters. The first kappa shape index (κ1) is 15.5. The van der Waals surface area contributed by atoms with E-state index in [2.05, 4.69) is 32.5 Å². The second-order valence-corrected chi connectivity index (χ2v) is 4.89. The minimum Gasteiger partial charge on any atom is -0.383 e. The molecule has 1 aromatic heterocycles. The molecule has 114 valence electrons. The van der Waals surface area contributed by atoms with E-state index >= 15 is 0 Å². The lowest BCUT2D eigenvalue weighted by molar-refractivity contribution is 0.163. The number of nitrogens with one attached hydrogen (secondary N) is 2. The van der Waals surface area contributed by atoms with Crippen LogP contribution in [0.4, 0.5) is 11.8 Å². The monoisotopic (exact) mass is 289 g/mol. The zero-order chi connectivity index (χ0) is 15.1. The molecule has 0 aliphatic heterocycles. The van der Waals surface area contributed by atoms with Gasteiger partial charge in [-0.05, 0) is 19.2 Å². The van der Waals surface area contributed by atoms with Crippen LogP contribution in [0.3, 0.4) is 0 Å². The molecule has 0 saturated heterocycles. The maximum absolute atomic E-state index is 5.07. The van der Waals surface area contributed by atoms with Crippen LogP contribution in [-0.2, 0) is 4.74 Å². The summed E-state index contributed by atoms with van der Waals surface area (Å²) in [5, 5.41) is 7.43. The third-order valence-electron chi connectivity index (χ3n) is 3.29. The minimum atomic E-state index is 0.629. The third kappa shape index (κ3) is 4.27. The highest BCUT2D eigenvalue weighted by molar-refractivity contribution is 5.89. The lowest BCUT2D eigenvalue weighted by Gasteiger charge is -2.17. The Bertz CT molecular complexity index is 575. The van der Waals surface area contributed by atoms with Crippen LogP contribution in [0.15, 0.2) is 24.3 Å². The summed E-state index contributed by atoms with van der Waals surface area (Å²) in [5.41, 5.74) is 0.937. The SMILES string of the molecule is CNc1nc(NCCN(C)CCOC)c2ccccc2n1. The van der Waals surface area contributed by atoms with E-state index in [0.29, 0.717) is 5.95 Å². The van der Waals surface area contributed by atoms with Crippen LogP contribution in [-0.4, -0.2) is 62.3 Å². The molecule has 21 heavy (non-hydrogen) atoms. The second-order valence-electron chi connectivity index (χ2n) is 4.89. The maximum atomic E-state index is 5.07. The molecule has 0 radical (unpaired) electrons. The fourth-order valence-corrected chi connectivity index (χ4v) is 2.05. The Morgan fingerprint density at radius 2 is 2.00 bits per heavy atom. The van der Waals surface area contributed by atoms with Crippen molar-refractivity contribution in [1.29, 1.82) is 0 Å². The quantitative estimate of drug-likeness (QED) is 0.770. The summed E-state index contributed by atoms with van der Waals surface area (Å²) in [5.74, 6) is 1.49. The smallest absolute Gasteiger partial charge is 0.224 e. The number of ether oxygens (including phenoxy) is 1. The summed E-state index contributed by atoms with van der Waals surface area (Å²) < 4.78 is 5.07. The van der Waals surface area contributed by atoms with Crippen LogP contribution in [0.5, 0.6) is 0 Å². The van der Waals surface area contributed by atoms with E-state index in [1.165, 1.54) is 0 Å². The van der Waals surface area contributed by atoms with Gasteiger partial charge < -0.3 is 20.3 Å². The first-order valence-corrected chi connectivity index (χ1v) is 7.10. The van der Waals surface area contributed by atoms with Crippen molar-refractivity contribution in [3.8, 4) is 0 Å². The number of hydrogen-bond donors (Lipinski definition) is 2. The van der Waals surface area contributed by atoms with E-state index in [0.717, 1.165) is 43.0 Å². The zero-order valence-electron chi connectivity index (χ0n) is 12.9. The van der Waals surface area contributed by atoms with Crippen LogP contribution in [0.2, 0.25) is 0 Å². The number of rotatable bonds is 8. The molecule has 0 bridgehead atoms. The predicted molar refractivity (Wildman–Crippen MR) is 86.9 cm³/mol. The standard InChI is InChI=1S/C15H23N5O/c1-16-15-18-13-7-5-4-6-12(13)14(19-15)17-8-9-20(2)10-11-21-3/h4-7H,8-11H2,1-3H3,(H2,16,17,18,19). The maximum Gasteiger partial charge on any atom is 0.224 e. The van der Waals surface area contributed by atoms with Crippen molar-refractivity contribution in [3.63, 3.8) is 0 Å². The highest BCUT2D eigenvalue weighted by Crippen LogP contribution is 2.21. The average Bonchev–Trinajstić information content (AvgIpc) is 2.52. The fraction of sp³-hybridized carbons (Fsp3) is 0.467. The van der Waals surface area contributed by atoms with Crippen molar-refractivity contribution >= 4 is 22.7 Å². The zero-order valence-corrected chi connectivity index (χ0v) is 12.9. The van der Waals surface area contributed by atoms with Gasteiger partial charge in [0.1, 0.15) is 5.82 Å². The van der Waals surface area contributed by atoms with Gasteiger partial charge in [0.2, 0.25) is 5.95 Å². The molecule has 2 N–H and O–H groups in total. The number of para-hydroxylation sites is 1. The van der Waals surface area contributed by atoms with Crippen LogP contribution in [0.1, 0.15) is 0 Å². The molecular weight excluding hydrogens is 266 g/mol. The molecule has 0 fully saturated rings. The Morgan fingerprint density at radius 1 is 1.19 bits per heavy atom. The van der Waals surface area contributed by atoms with Gasteiger partial charge in [0.05, 0.1) is 12.1 Å². The predicted octanol–water partition coefficient (Wildman–Crippen LogP) is 1.66. The molecule has 2 aromatic rings. The van der Waals surface area contributed by atoms with Gasteiger partial charge in [-0.2, -0.15) is 4.98 Å². The van der Waals surface area contributed by atoms with Crippen molar-refractivity contribution in [2.24, 2.45) is 0 Å². The number of anilines is 2. The van der Waals surface area contributed by atoms with E-state index in [1.54, 1.807) is 7.11 Å². The number of hydrogen-bond acceptors (Lipinski definition) is 6. The summed E-state index contributed by atoms with van der Waals surface area (Å²) in [6.45, 7) is 3.42. The van der Waals surface area contributed by atoms with Gasteiger partial charge in [-0.15, -0.1) is 0 Å². The number of nitrogens with zero attached hydrogens (tertiary/aromatic N) is 3. The lowest BCUT2D eigenvalue weighted by atomic mass is 10.2. The summed E-state index contributed by atoms with van der Waals surface area (Å²) in [4.78, 5) is 11.2. The highest BCUT2D eigenvalue weighted by atomic mass is 16.5. The molecule has 0 spiro atoms. The molecule has 1 aromatic carbocycles. The molecule has 6 heteroatoms. The molecule has 0 aliphatic carbocycles. The van der Waals surface area contributed by atoms with E-state index in [1.807, 2.05) is 31.3 Å². The molecule has 6 nitrogen and oxygen atoms in total. The van der Waals surface area contributed by atoms with Crippen LogP contribution < -0.4 is 10.6 Å².